The Morgan fingerprint density at radius 2 is 2.44 bits per heavy atom. The van der Waals surface area contributed by atoms with Crippen molar-refractivity contribution in [1.29, 1.82) is 0 Å². The molecule has 1 saturated heterocycles. The zero-order valence-corrected chi connectivity index (χ0v) is 10.2. The van der Waals surface area contributed by atoms with Gasteiger partial charge in [-0.3, -0.25) is 0 Å². The van der Waals surface area contributed by atoms with E-state index in [0.717, 1.165) is 19.7 Å². The largest absolute Gasteiger partial charge is 0.374 e. The lowest BCUT2D eigenvalue weighted by Crippen LogP contribution is -2.42. The monoisotopic (exact) mass is 261 g/mol. The van der Waals surface area contributed by atoms with E-state index in [2.05, 4.69) is 15.6 Å². The highest BCUT2D eigenvalue weighted by Crippen LogP contribution is 2.22. The van der Waals surface area contributed by atoms with Gasteiger partial charge in [-0.2, -0.15) is 0 Å². The van der Waals surface area contributed by atoms with Crippen molar-refractivity contribution in [3.05, 3.63) is 22.3 Å². The van der Waals surface area contributed by atoms with Crippen LogP contribution in [0.3, 0.4) is 0 Å². The molecule has 0 radical (unpaired) electrons. The van der Waals surface area contributed by atoms with Crippen LogP contribution in [0.15, 0.2) is 12.3 Å². The third kappa shape index (κ3) is 3.22. The third-order valence-electron chi connectivity index (χ3n) is 2.31. The van der Waals surface area contributed by atoms with Gasteiger partial charge in [0.25, 0.3) is 0 Å². The van der Waals surface area contributed by atoms with Crippen LogP contribution in [0.1, 0.15) is 0 Å². The van der Waals surface area contributed by atoms with Crippen molar-refractivity contribution < 1.29 is 4.74 Å². The number of hydrogen-bond acceptors (Lipinski definition) is 4. The molecule has 1 aliphatic rings. The molecule has 2 N–H and O–H groups in total. The number of nitrogens with zero attached hydrogens (tertiary/aromatic N) is 1. The molecule has 0 aromatic carbocycles. The van der Waals surface area contributed by atoms with Gasteiger partial charge in [0.05, 0.1) is 22.8 Å². The van der Waals surface area contributed by atoms with Crippen LogP contribution in [0.5, 0.6) is 0 Å². The zero-order valence-electron chi connectivity index (χ0n) is 8.67. The lowest BCUT2D eigenvalue weighted by molar-refractivity contribution is 0.0372. The summed E-state index contributed by atoms with van der Waals surface area (Å²) in [6, 6.07) is 1.67. The standard InChI is InChI=1S/C10H13Cl2N3O/c11-7-3-9(12)10(14-4-7)15-6-8-5-13-1-2-16-8/h3-4,8,13H,1-2,5-6H2,(H,14,15). The van der Waals surface area contributed by atoms with Gasteiger partial charge in [0.1, 0.15) is 5.82 Å². The maximum absolute atomic E-state index is 5.98. The minimum absolute atomic E-state index is 0.155. The van der Waals surface area contributed by atoms with Crippen LogP contribution < -0.4 is 10.6 Å². The van der Waals surface area contributed by atoms with Gasteiger partial charge in [-0.05, 0) is 6.07 Å². The number of pyridine rings is 1. The van der Waals surface area contributed by atoms with Crippen molar-refractivity contribution in [1.82, 2.24) is 10.3 Å². The molecule has 0 amide bonds. The van der Waals surface area contributed by atoms with Crippen LogP contribution in [-0.2, 0) is 4.74 Å². The normalized spacial score (nSPS) is 20.8. The minimum atomic E-state index is 0.155. The van der Waals surface area contributed by atoms with E-state index in [0.29, 0.717) is 22.4 Å². The summed E-state index contributed by atoms with van der Waals surface area (Å²) in [6.07, 6.45) is 1.72. The van der Waals surface area contributed by atoms with E-state index < -0.39 is 0 Å². The van der Waals surface area contributed by atoms with Gasteiger partial charge < -0.3 is 15.4 Å². The molecule has 4 nitrogen and oxygen atoms in total. The van der Waals surface area contributed by atoms with E-state index in [1.807, 2.05) is 0 Å². The Labute approximate surface area is 104 Å². The highest BCUT2D eigenvalue weighted by Gasteiger charge is 2.13. The number of ether oxygens (including phenoxy) is 1. The lowest BCUT2D eigenvalue weighted by atomic mass is 10.3. The van der Waals surface area contributed by atoms with Crippen LogP contribution >= 0.6 is 23.2 Å². The first-order chi connectivity index (χ1) is 7.75. The van der Waals surface area contributed by atoms with Crippen molar-refractivity contribution >= 4 is 29.0 Å². The van der Waals surface area contributed by atoms with Gasteiger partial charge in [0.2, 0.25) is 0 Å². The molecule has 0 spiro atoms. The third-order valence-corrected chi connectivity index (χ3v) is 2.80. The number of morpholine rings is 1. The Balaban J connectivity index is 1.88. The van der Waals surface area contributed by atoms with E-state index in [9.17, 15) is 0 Å². The molecule has 1 atom stereocenters. The molecule has 16 heavy (non-hydrogen) atoms. The van der Waals surface area contributed by atoms with Crippen LogP contribution in [0.4, 0.5) is 5.82 Å². The maximum Gasteiger partial charge on any atom is 0.144 e. The fourth-order valence-corrected chi connectivity index (χ4v) is 1.95. The molecule has 0 saturated carbocycles. The predicted octanol–water partition coefficient (Wildman–Crippen LogP) is 1.79. The lowest BCUT2D eigenvalue weighted by Gasteiger charge is -2.24. The van der Waals surface area contributed by atoms with E-state index in [-0.39, 0.29) is 6.10 Å². The summed E-state index contributed by atoms with van der Waals surface area (Å²) >= 11 is 11.7. The summed E-state index contributed by atoms with van der Waals surface area (Å²) in [5.41, 5.74) is 0. The molecule has 0 bridgehead atoms. The molecule has 2 rings (SSSR count). The van der Waals surface area contributed by atoms with Crippen molar-refractivity contribution in [2.75, 3.05) is 31.6 Å². The van der Waals surface area contributed by atoms with E-state index in [1.54, 1.807) is 12.3 Å². The summed E-state index contributed by atoms with van der Waals surface area (Å²) in [4.78, 5) is 4.11. The van der Waals surface area contributed by atoms with Crippen LogP contribution in [0, 0.1) is 0 Å². The number of rotatable bonds is 3. The molecule has 0 aliphatic carbocycles. The Morgan fingerprint density at radius 3 is 3.12 bits per heavy atom. The van der Waals surface area contributed by atoms with Gasteiger partial charge in [0.15, 0.2) is 0 Å². The van der Waals surface area contributed by atoms with Crippen molar-refractivity contribution in [2.24, 2.45) is 0 Å². The van der Waals surface area contributed by atoms with Gasteiger partial charge in [-0.25, -0.2) is 4.98 Å². The average Bonchev–Trinajstić information content (AvgIpc) is 2.29. The smallest absolute Gasteiger partial charge is 0.144 e. The average molecular weight is 262 g/mol. The Hall–Kier alpha value is -0.550. The molecule has 1 aromatic heterocycles. The first-order valence-electron chi connectivity index (χ1n) is 5.13. The van der Waals surface area contributed by atoms with Crippen LogP contribution in [-0.4, -0.2) is 37.3 Å². The van der Waals surface area contributed by atoms with Crippen LogP contribution in [0.25, 0.3) is 0 Å². The summed E-state index contributed by atoms with van der Waals surface area (Å²) in [5.74, 6) is 0.639. The molecular weight excluding hydrogens is 249 g/mol. The van der Waals surface area contributed by atoms with E-state index in [1.165, 1.54) is 0 Å². The number of anilines is 1. The van der Waals surface area contributed by atoms with Gasteiger partial charge in [-0.1, -0.05) is 23.2 Å². The quantitative estimate of drug-likeness (QED) is 0.871. The first kappa shape index (κ1) is 11.9. The Morgan fingerprint density at radius 1 is 1.56 bits per heavy atom. The van der Waals surface area contributed by atoms with Gasteiger partial charge >= 0.3 is 0 Å². The molecule has 88 valence electrons. The Kier molecular flexibility index (Phi) is 4.23. The maximum atomic E-state index is 5.98. The molecule has 6 heteroatoms. The van der Waals surface area contributed by atoms with Crippen molar-refractivity contribution in [3.8, 4) is 0 Å². The fraction of sp³-hybridized carbons (Fsp3) is 0.500. The van der Waals surface area contributed by atoms with Crippen LogP contribution in [0.2, 0.25) is 10.0 Å². The summed E-state index contributed by atoms with van der Waals surface area (Å²) in [5, 5.41) is 7.46. The number of hydrogen-bond donors (Lipinski definition) is 2. The highest BCUT2D eigenvalue weighted by atomic mass is 35.5. The molecule has 1 fully saturated rings. The van der Waals surface area contributed by atoms with E-state index >= 15 is 0 Å². The fourth-order valence-electron chi connectivity index (χ4n) is 1.51. The second-order valence-corrected chi connectivity index (χ2v) is 4.41. The zero-order chi connectivity index (χ0) is 11.4. The summed E-state index contributed by atoms with van der Waals surface area (Å²) in [6.45, 7) is 3.18. The molecule has 1 unspecified atom stereocenters. The molecule has 1 aromatic rings. The van der Waals surface area contributed by atoms with Crippen molar-refractivity contribution in [2.45, 2.75) is 6.10 Å². The predicted molar refractivity (Wildman–Crippen MR) is 65.4 cm³/mol. The number of nitrogens with one attached hydrogen (secondary N) is 2. The summed E-state index contributed by atoms with van der Waals surface area (Å²) in [7, 11) is 0. The summed E-state index contributed by atoms with van der Waals surface area (Å²) < 4.78 is 5.54. The van der Waals surface area contributed by atoms with Gasteiger partial charge in [-0.15, -0.1) is 0 Å². The molecular formula is C10H13Cl2N3O. The topological polar surface area (TPSA) is 46.2 Å². The number of aromatic nitrogens is 1. The molecule has 1 aliphatic heterocycles. The minimum Gasteiger partial charge on any atom is -0.374 e. The SMILES string of the molecule is Clc1cnc(NCC2CNCCO2)c(Cl)c1. The first-order valence-corrected chi connectivity index (χ1v) is 5.88. The second-order valence-electron chi connectivity index (χ2n) is 3.56. The van der Waals surface area contributed by atoms with Crippen molar-refractivity contribution in [3.63, 3.8) is 0 Å². The van der Waals surface area contributed by atoms with E-state index in [4.69, 9.17) is 27.9 Å². The highest BCUT2D eigenvalue weighted by molar-refractivity contribution is 6.35. The second kappa shape index (κ2) is 5.68. The van der Waals surface area contributed by atoms with Gasteiger partial charge in [0, 0.05) is 25.8 Å². The molecule has 2 heterocycles. The number of halogens is 2. The Bertz CT molecular complexity index is 356.